The monoisotopic (exact) mass is 230 g/mol. The van der Waals surface area contributed by atoms with Gasteiger partial charge in [0.25, 0.3) is 0 Å². The Kier molecular flexibility index (Phi) is 8.90. The molecule has 16 heavy (non-hydrogen) atoms. The molecule has 2 atom stereocenters. The topological polar surface area (TPSA) is 24.5 Å². The van der Waals surface area contributed by atoms with Crippen LogP contribution in [-0.4, -0.2) is 50.3 Å². The van der Waals surface area contributed by atoms with Gasteiger partial charge in [0, 0.05) is 31.8 Å². The molecule has 0 spiro atoms. The number of hydrogen-bond donors (Lipinski definition) is 1. The summed E-state index contributed by atoms with van der Waals surface area (Å²) < 4.78 is 5.21. The summed E-state index contributed by atoms with van der Waals surface area (Å²) in [4.78, 5) is 2.57. The van der Waals surface area contributed by atoms with E-state index in [4.69, 9.17) is 4.74 Å². The van der Waals surface area contributed by atoms with Crippen molar-refractivity contribution in [1.29, 1.82) is 0 Å². The first-order valence-electron chi connectivity index (χ1n) is 6.54. The molecule has 0 rings (SSSR count). The normalized spacial score (nSPS) is 15.8. The van der Waals surface area contributed by atoms with Crippen LogP contribution in [-0.2, 0) is 4.74 Å². The first kappa shape index (κ1) is 15.9. The van der Waals surface area contributed by atoms with Gasteiger partial charge in [-0.15, -0.1) is 0 Å². The lowest BCUT2D eigenvalue weighted by Gasteiger charge is -2.38. The molecule has 0 heterocycles. The second-order valence-corrected chi connectivity index (χ2v) is 4.52. The number of rotatable bonds is 9. The van der Waals surface area contributed by atoms with Crippen molar-refractivity contribution in [2.45, 2.75) is 58.7 Å². The molecular formula is C13H30N2O. The maximum absolute atomic E-state index is 5.21. The van der Waals surface area contributed by atoms with E-state index in [0.29, 0.717) is 18.1 Å². The first-order chi connectivity index (χ1) is 7.62. The molecule has 0 amide bonds. The number of nitrogens with zero attached hydrogens (tertiary/aromatic N) is 1. The summed E-state index contributed by atoms with van der Waals surface area (Å²) in [5.41, 5.74) is 0. The van der Waals surface area contributed by atoms with Crippen LogP contribution in [0.4, 0.5) is 0 Å². The van der Waals surface area contributed by atoms with Crippen molar-refractivity contribution in [3.8, 4) is 0 Å². The molecule has 0 aromatic rings. The van der Waals surface area contributed by atoms with Crippen molar-refractivity contribution in [2.24, 2.45) is 0 Å². The molecule has 1 N–H and O–H groups in total. The number of ether oxygens (including phenoxy) is 1. The van der Waals surface area contributed by atoms with Gasteiger partial charge in [-0.25, -0.2) is 0 Å². The number of hydrogen-bond acceptors (Lipinski definition) is 3. The van der Waals surface area contributed by atoms with Crippen LogP contribution in [0.3, 0.4) is 0 Å². The Morgan fingerprint density at radius 2 is 1.75 bits per heavy atom. The van der Waals surface area contributed by atoms with Crippen LogP contribution < -0.4 is 5.32 Å². The summed E-state index contributed by atoms with van der Waals surface area (Å²) in [5, 5.41) is 3.34. The second kappa shape index (κ2) is 8.97. The SMILES string of the molecule is CCC(CC)N(CCOC)C(C)C(C)NC. The van der Waals surface area contributed by atoms with Crippen LogP contribution in [0.1, 0.15) is 40.5 Å². The van der Waals surface area contributed by atoms with E-state index >= 15 is 0 Å². The van der Waals surface area contributed by atoms with Gasteiger partial charge in [0.1, 0.15) is 0 Å². The zero-order valence-corrected chi connectivity index (χ0v) is 11.9. The molecule has 0 fully saturated rings. The molecule has 98 valence electrons. The third-order valence-electron chi connectivity index (χ3n) is 3.67. The molecule has 0 aliphatic rings. The zero-order chi connectivity index (χ0) is 12.6. The lowest BCUT2D eigenvalue weighted by Crippen LogP contribution is -2.51. The summed E-state index contributed by atoms with van der Waals surface area (Å²) in [6.45, 7) is 10.9. The predicted octanol–water partition coefficient (Wildman–Crippen LogP) is 2.12. The van der Waals surface area contributed by atoms with Gasteiger partial charge in [0.05, 0.1) is 6.61 Å². The molecule has 2 unspecified atom stereocenters. The van der Waals surface area contributed by atoms with E-state index in [2.05, 4.69) is 37.9 Å². The molecule has 3 nitrogen and oxygen atoms in total. The number of nitrogens with one attached hydrogen (secondary N) is 1. The summed E-state index contributed by atoms with van der Waals surface area (Å²) in [7, 11) is 3.81. The van der Waals surface area contributed by atoms with Crippen LogP contribution >= 0.6 is 0 Å². The Morgan fingerprint density at radius 1 is 1.19 bits per heavy atom. The van der Waals surface area contributed by atoms with Crippen LogP contribution in [0.5, 0.6) is 0 Å². The smallest absolute Gasteiger partial charge is 0.0589 e. The fraction of sp³-hybridized carbons (Fsp3) is 1.00. The fourth-order valence-electron chi connectivity index (χ4n) is 2.20. The Hall–Kier alpha value is -0.120. The molecule has 0 saturated carbocycles. The summed E-state index contributed by atoms with van der Waals surface area (Å²) >= 11 is 0. The summed E-state index contributed by atoms with van der Waals surface area (Å²) in [5.74, 6) is 0. The Bertz CT molecular complexity index is 160. The van der Waals surface area contributed by atoms with Gasteiger partial charge in [-0.1, -0.05) is 13.8 Å². The minimum Gasteiger partial charge on any atom is -0.383 e. The first-order valence-corrected chi connectivity index (χ1v) is 6.54. The third kappa shape index (κ3) is 4.81. The Balaban J connectivity index is 4.49. The van der Waals surface area contributed by atoms with E-state index in [0.717, 1.165) is 13.2 Å². The predicted molar refractivity (Wildman–Crippen MR) is 70.9 cm³/mol. The average Bonchev–Trinajstić information content (AvgIpc) is 2.32. The van der Waals surface area contributed by atoms with E-state index < -0.39 is 0 Å². The molecule has 0 aromatic carbocycles. The highest BCUT2D eigenvalue weighted by molar-refractivity contribution is 4.81. The van der Waals surface area contributed by atoms with Crippen molar-refractivity contribution < 1.29 is 4.74 Å². The molecule has 0 saturated heterocycles. The summed E-state index contributed by atoms with van der Waals surface area (Å²) in [6.07, 6.45) is 2.42. The highest BCUT2D eigenvalue weighted by Crippen LogP contribution is 2.14. The van der Waals surface area contributed by atoms with Gasteiger partial charge in [0.15, 0.2) is 0 Å². The average molecular weight is 230 g/mol. The molecule has 0 aliphatic heterocycles. The largest absolute Gasteiger partial charge is 0.383 e. The maximum atomic E-state index is 5.21. The van der Waals surface area contributed by atoms with Gasteiger partial charge in [-0.3, -0.25) is 4.90 Å². The van der Waals surface area contributed by atoms with E-state index in [-0.39, 0.29) is 0 Å². The van der Waals surface area contributed by atoms with Crippen molar-refractivity contribution in [2.75, 3.05) is 27.3 Å². The highest BCUT2D eigenvalue weighted by atomic mass is 16.5. The van der Waals surface area contributed by atoms with Crippen molar-refractivity contribution in [3.05, 3.63) is 0 Å². The van der Waals surface area contributed by atoms with Crippen molar-refractivity contribution >= 4 is 0 Å². The molecule has 0 aromatic heterocycles. The lowest BCUT2D eigenvalue weighted by molar-refractivity contribution is 0.0735. The highest BCUT2D eigenvalue weighted by Gasteiger charge is 2.23. The molecule has 0 radical (unpaired) electrons. The van der Waals surface area contributed by atoms with Crippen molar-refractivity contribution in [3.63, 3.8) is 0 Å². The van der Waals surface area contributed by atoms with Crippen LogP contribution in [0, 0.1) is 0 Å². The van der Waals surface area contributed by atoms with E-state index in [9.17, 15) is 0 Å². The van der Waals surface area contributed by atoms with E-state index in [1.807, 2.05) is 7.05 Å². The van der Waals surface area contributed by atoms with Gasteiger partial charge in [0.2, 0.25) is 0 Å². The van der Waals surface area contributed by atoms with Gasteiger partial charge < -0.3 is 10.1 Å². The van der Waals surface area contributed by atoms with Gasteiger partial charge in [-0.2, -0.15) is 0 Å². The molecule has 3 heteroatoms. The number of likely N-dealkylation sites (N-methyl/N-ethyl adjacent to an activating group) is 1. The van der Waals surface area contributed by atoms with Crippen LogP contribution in [0.25, 0.3) is 0 Å². The zero-order valence-electron chi connectivity index (χ0n) is 11.9. The minimum atomic E-state index is 0.512. The fourth-order valence-corrected chi connectivity index (χ4v) is 2.20. The second-order valence-electron chi connectivity index (χ2n) is 4.52. The number of methoxy groups -OCH3 is 1. The van der Waals surface area contributed by atoms with E-state index in [1.165, 1.54) is 12.8 Å². The Labute approximate surface area is 102 Å². The lowest BCUT2D eigenvalue weighted by atomic mass is 10.0. The van der Waals surface area contributed by atoms with E-state index in [1.54, 1.807) is 7.11 Å². The molecule has 0 aliphatic carbocycles. The van der Waals surface area contributed by atoms with Crippen LogP contribution in [0.15, 0.2) is 0 Å². The maximum Gasteiger partial charge on any atom is 0.0589 e. The standard InChI is InChI=1S/C13H30N2O/c1-7-13(8-2)15(9-10-16-6)12(4)11(3)14-5/h11-14H,7-10H2,1-6H3. The van der Waals surface area contributed by atoms with Crippen LogP contribution in [0.2, 0.25) is 0 Å². The summed E-state index contributed by atoms with van der Waals surface area (Å²) in [6, 6.07) is 1.73. The quantitative estimate of drug-likeness (QED) is 0.656. The minimum absolute atomic E-state index is 0.512. The molecule has 0 bridgehead atoms. The van der Waals surface area contributed by atoms with Crippen molar-refractivity contribution in [1.82, 2.24) is 10.2 Å². The van der Waals surface area contributed by atoms with Gasteiger partial charge >= 0.3 is 0 Å². The Morgan fingerprint density at radius 3 is 2.12 bits per heavy atom. The molecular weight excluding hydrogens is 200 g/mol. The van der Waals surface area contributed by atoms with Gasteiger partial charge in [-0.05, 0) is 33.7 Å². The third-order valence-corrected chi connectivity index (χ3v) is 3.67.